The summed E-state index contributed by atoms with van der Waals surface area (Å²) in [6.45, 7) is 0.818. The number of halogens is 1. The van der Waals surface area contributed by atoms with Gasteiger partial charge in [0.05, 0.1) is 18.7 Å². The van der Waals surface area contributed by atoms with Crippen molar-refractivity contribution >= 4 is 17.4 Å². The molecule has 152 valence electrons. The summed E-state index contributed by atoms with van der Waals surface area (Å²) < 4.78 is 18.6. The van der Waals surface area contributed by atoms with E-state index in [0.29, 0.717) is 23.4 Å². The van der Waals surface area contributed by atoms with Crippen LogP contribution in [-0.4, -0.2) is 60.9 Å². The third-order valence-corrected chi connectivity index (χ3v) is 4.86. The number of methoxy groups -OCH3 is 1. The van der Waals surface area contributed by atoms with Crippen LogP contribution in [0.5, 0.6) is 5.75 Å². The highest BCUT2D eigenvalue weighted by molar-refractivity contribution is 6.46. The van der Waals surface area contributed by atoms with Crippen molar-refractivity contribution in [1.29, 1.82) is 0 Å². The van der Waals surface area contributed by atoms with E-state index in [9.17, 15) is 19.1 Å². The van der Waals surface area contributed by atoms with E-state index in [1.807, 2.05) is 19.0 Å². The molecular weight excluding hydrogens is 375 g/mol. The van der Waals surface area contributed by atoms with Gasteiger partial charge in [0.25, 0.3) is 11.7 Å². The van der Waals surface area contributed by atoms with Gasteiger partial charge < -0.3 is 19.6 Å². The summed E-state index contributed by atoms with van der Waals surface area (Å²) in [6, 6.07) is 11.4. The van der Waals surface area contributed by atoms with E-state index < -0.39 is 23.5 Å². The van der Waals surface area contributed by atoms with Crippen LogP contribution in [0.4, 0.5) is 4.39 Å². The molecule has 0 aromatic heterocycles. The largest absolute Gasteiger partial charge is 0.507 e. The van der Waals surface area contributed by atoms with Gasteiger partial charge in [0.1, 0.15) is 17.3 Å². The zero-order valence-electron chi connectivity index (χ0n) is 16.6. The van der Waals surface area contributed by atoms with E-state index in [1.54, 1.807) is 24.3 Å². The minimum atomic E-state index is -0.804. The van der Waals surface area contributed by atoms with Crippen molar-refractivity contribution < 1.29 is 23.8 Å². The number of likely N-dealkylation sites (N-methyl/N-ethyl adjacent to an activating group) is 1. The first-order valence-corrected chi connectivity index (χ1v) is 9.16. The van der Waals surface area contributed by atoms with Gasteiger partial charge in [0.2, 0.25) is 0 Å². The van der Waals surface area contributed by atoms with E-state index in [2.05, 4.69) is 0 Å². The summed E-state index contributed by atoms with van der Waals surface area (Å²) >= 11 is 0. The maximum atomic E-state index is 13.5. The number of ether oxygens (including phenoxy) is 1. The van der Waals surface area contributed by atoms with E-state index >= 15 is 0 Å². The molecule has 1 fully saturated rings. The minimum Gasteiger partial charge on any atom is -0.507 e. The molecule has 1 heterocycles. The first-order valence-electron chi connectivity index (χ1n) is 9.16. The van der Waals surface area contributed by atoms with E-state index in [-0.39, 0.29) is 17.9 Å². The van der Waals surface area contributed by atoms with Crippen molar-refractivity contribution in [3.63, 3.8) is 0 Å². The number of amides is 1. The van der Waals surface area contributed by atoms with E-state index in [1.165, 1.54) is 36.3 Å². The first kappa shape index (κ1) is 20.5. The summed E-state index contributed by atoms with van der Waals surface area (Å²) in [5.41, 5.74) is 0.893. The number of aliphatic hydroxyl groups is 1. The lowest BCUT2D eigenvalue weighted by Crippen LogP contribution is -2.35. The zero-order valence-corrected chi connectivity index (χ0v) is 16.6. The van der Waals surface area contributed by atoms with Gasteiger partial charge in [0, 0.05) is 18.7 Å². The monoisotopic (exact) mass is 398 g/mol. The maximum absolute atomic E-state index is 13.5. The molecule has 0 unspecified atom stereocenters. The Bertz CT molecular complexity index is 954. The Morgan fingerprint density at radius 3 is 2.48 bits per heavy atom. The summed E-state index contributed by atoms with van der Waals surface area (Å²) in [4.78, 5) is 28.9. The van der Waals surface area contributed by atoms with Gasteiger partial charge in [-0.05, 0) is 43.9 Å². The molecule has 1 saturated heterocycles. The fourth-order valence-electron chi connectivity index (χ4n) is 3.34. The second-order valence-electron chi connectivity index (χ2n) is 7.08. The van der Waals surface area contributed by atoms with Crippen LogP contribution in [-0.2, 0) is 9.59 Å². The molecule has 3 rings (SSSR count). The minimum absolute atomic E-state index is 0.0198. The molecule has 7 heteroatoms. The molecular formula is C22H23FN2O4. The first-order chi connectivity index (χ1) is 13.8. The molecule has 1 N–H and O–H groups in total. The molecule has 1 atom stereocenters. The van der Waals surface area contributed by atoms with E-state index in [4.69, 9.17) is 4.74 Å². The lowest BCUT2D eigenvalue weighted by Gasteiger charge is -2.26. The summed E-state index contributed by atoms with van der Waals surface area (Å²) in [7, 11) is 5.22. The molecule has 0 spiro atoms. The predicted octanol–water partition coefficient (Wildman–Crippen LogP) is 2.82. The molecule has 2 aromatic rings. The van der Waals surface area contributed by atoms with Crippen molar-refractivity contribution in [1.82, 2.24) is 9.80 Å². The van der Waals surface area contributed by atoms with Gasteiger partial charge in [-0.2, -0.15) is 0 Å². The standard InChI is InChI=1S/C22H23FN2O4/c1-24(2)11-12-25-19(14-7-9-16(23)10-8-14)18(21(27)22(25)28)20(26)15-5-4-6-17(13-15)29-3/h4-10,13,19,26H,11-12H2,1-3H3/t19-/m0/s1. The van der Waals surface area contributed by atoms with Crippen LogP contribution in [0.2, 0.25) is 0 Å². The van der Waals surface area contributed by atoms with Gasteiger partial charge in [-0.25, -0.2) is 4.39 Å². The van der Waals surface area contributed by atoms with Crippen molar-refractivity contribution in [2.45, 2.75) is 6.04 Å². The SMILES string of the molecule is COc1cccc(C(O)=C2C(=O)C(=O)N(CCN(C)C)[C@H]2c2ccc(F)cc2)c1. The molecule has 0 radical (unpaired) electrons. The highest BCUT2D eigenvalue weighted by Crippen LogP contribution is 2.39. The lowest BCUT2D eigenvalue weighted by molar-refractivity contribution is -0.140. The number of likely N-dealkylation sites (tertiary alicyclic amines) is 1. The number of hydrogen-bond acceptors (Lipinski definition) is 5. The fraction of sp³-hybridized carbons (Fsp3) is 0.273. The number of benzene rings is 2. The Balaban J connectivity index is 2.14. The lowest BCUT2D eigenvalue weighted by atomic mass is 9.95. The number of carbonyl (C=O) groups excluding carboxylic acids is 2. The molecule has 29 heavy (non-hydrogen) atoms. The molecule has 1 amide bonds. The van der Waals surface area contributed by atoms with Crippen LogP contribution >= 0.6 is 0 Å². The second-order valence-corrected chi connectivity index (χ2v) is 7.08. The van der Waals surface area contributed by atoms with Gasteiger partial charge in [0.15, 0.2) is 0 Å². The van der Waals surface area contributed by atoms with Crippen LogP contribution in [0.1, 0.15) is 17.2 Å². The van der Waals surface area contributed by atoms with Crippen LogP contribution < -0.4 is 4.74 Å². The number of rotatable bonds is 6. The number of carbonyl (C=O) groups is 2. The van der Waals surface area contributed by atoms with Crippen LogP contribution in [0.15, 0.2) is 54.1 Å². The number of hydrogen-bond donors (Lipinski definition) is 1. The van der Waals surface area contributed by atoms with Crippen molar-refractivity contribution in [3.8, 4) is 5.75 Å². The normalized spacial score (nSPS) is 18.5. The van der Waals surface area contributed by atoms with Crippen molar-refractivity contribution in [3.05, 3.63) is 71.0 Å². The fourth-order valence-corrected chi connectivity index (χ4v) is 3.34. The third kappa shape index (κ3) is 4.14. The third-order valence-electron chi connectivity index (χ3n) is 4.86. The maximum Gasteiger partial charge on any atom is 0.295 e. The van der Waals surface area contributed by atoms with Crippen molar-refractivity contribution in [2.24, 2.45) is 0 Å². The zero-order chi connectivity index (χ0) is 21.1. The van der Waals surface area contributed by atoms with E-state index in [0.717, 1.165) is 0 Å². The number of nitrogens with zero attached hydrogens (tertiary/aromatic N) is 2. The van der Waals surface area contributed by atoms with Gasteiger partial charge in [-0.1, -0.05) is 24.3 Å². The topological polar surface area (TPSA) is 70.1 Å². The van der Waals surface area contributed by atoms with Gasteiger partial charge in [-0.15, -0.1) is 0 Å². The number of Topliss-reactive ketones (excluding diaryl/α,β-unsaturated/α-hetero) is 1. The average molecular weight is 398 g/mol. The number of ketones is 1. The highest BCUT2D eigenvalue weighted by Gasteiger charge is 2.45. The predicted molar refractivity (Wildman–Crippen MR) is 107 cm³/mol. The summed E-state index contributed by atoms with van der Waals surface area (Å²) in [5, 5.41) is 10.9. The Kier molecular flexibility index (Phi) is 5.98. The number of aliphatic hydroxyl groups excluding tert-OH is 1. The average Bonchev–Trinajstić information content (AvgIpc) is 2.97. The second kappa shape index (κ2) is 8.45. The van der Waals surface area contributed by atoms with Crippen LogP contribution in [0.3, 0.4) is 0 Å². The summed E-state index contributed by atoms with van der Waals surface area (Å²) in [6.07, 6.45) is 0. The molecule has 0 bridgehead atoms. The van der Waals surface area contributed by atoms with Gasteiger partial charge in [-0.3, -0.25) is 9.59 Å². The van der Waals surface area contributed by atoms with Crippen LogP contribution in [0.25, 0.3) is 5.76 Å². The quantitative estimate of drug-likeness (QED) is 0.460. The Labute approximate surface area is 168 Å². The van der Waals surface area contributed by atoms with Gasteiger partial charge >= 0.3 is 0 Å². The molecule has 0 saturated carbocycles. The molecule has 2 aromatic carbocycles. The molecule has 0 aliphatic carbocycles. The molecule has 1 aliphatic heterocycles. The Morgan fingerprint density at radius 1 is 1.17 bits per heavy atom. The van der Waals surface area contributed by atoms with Crippen molar-refractivity contribution in [2.75, 3.05) is 34.3 Å². The Morgan fingerprint density at radius 2 is 1.86 bits per heavy atom. The van der Waals surface area contributed by atoms with Crippen LogP contribution in [0, 0.1) is 5.82 Å². The summed E-state index contributed by atoms with van der Waals surface area (Å²) in [5.74, 6) is -1.66. The molecule has 1 aliphatic rings. The molecule has 6 nitrogen and oxygen atoms in total. The highest BCUT2D eigenvalue weighted by atomic mass is 19.1. The Hall–Kier alpha value is -3.19. The smallest absolute Gasteiger partial charge is 0.295 e.